The first-order valence-electron chi connectivity index (χ1n) is 14.5. The van der Waals surface area contributed by atoms with Gasteiger partial charge in [0, 0.05) is 47.8 Å². The Morgan fingerprint density at radius 2 is 1.50 bits per heavy atom. The third-order valence-corrected chi connectivity index (χ3v) is 10.9. The van der Waals surface area contributed by atoms with Crippen molar-refractivity contribution in [1.82, 2.24) is 9.88 Å². The van der Waals surface area contributed by atoms with Gasteiger partial charge in [-0.1, -0.05) is 42.5 Å². The van der Waals surface area contributed by atoms with Crippen molar-refractivity contribution in [2.45, 2.75) is 59.8 Å². The molecule has 1 aliphatic carbocycles. The summed E-state index contributed by atoms with van der Waals surface area (Å²) < 4.78 is 109. The van der Waals surface area contributed by atoms with Gasteiger partial charge in [0.05, 0.1) is 18.2 Å². The number of carbonyl (C=O) groups is 2. The fraction of sp³-hybridized carbons (Fsp3) is 0.406. The van der Waals surface area contributed by atoms with Crippen molar-refractivity contribution in [3.8, 4) is 11.3 Å². The summed E-state index contributed by atoms with van der Waals surface area (Å²) in [5, 5.41) is 9.31. The molecule has 1 saturated carbocycles. The number of rotatable bonds is 7. The Kier molecular flexibility index (Phi) is 9.17. The highest BCUT2D eigenvalue weighted by Crippen LogP contribution is 2.54. The molecule has 2 unspecified atom stereocenters. The highest BCUT2D eigenvalue weighted by atomic mass is 32.2. The van der Waals surface area contributed by atoms with Crippen molar-refractivity contribution in [2.75, 3.05) is 13.1 Å². The predicted molar refractivity (Wildman–Crippen MR) is 153 cm³/mol. The van der Waals surface area contributed by atoms with Crippen molar-refractivity contribution >= 4 is 23.1 Å². The van der Waals surface area contributed by atoms with Crippen LogP contribution in [0.5, 0.6) is 0 Å². The summed E-state index contributed by atoms with van der Waals surface area (Å²) in [5.41, 5.74) is -6.05. The van der Waals surface area contributed by atoms with Gasteiger partial charge >= 0.3 is 24.0 Å². The van der Waals surface area contributed by atoms with Crippen molar-refractivity contribution in [1.29, 1.82) is 0 Å². The highest BCUT2D eigenvalue weighted by Gasteiger charge is 2.73. The Bertz CT molecular complexity index is 1550. The zero-order chi connectivity index (χ0) is 33.5. The van der Waals surface area contributed by atoms with Crippen LogP contribution in [0.2, 0.25) is 0 Å². The van der Waals surface area contributed by atoms with E-state index in [1.165, 1.54) is 4.90 Å². The Balaban J connectivity index is 1.52. The zero-order valence-electron chi connectivity index (χ0n) is 24.2. The van der Waals surface area contributed by atoms with Gasteiger partial charge in [-0.05, 0) is 55.1 Å². The predicted octanol–water partition coefficient (Wildman–Crippen LogP) is 7.16. The lowest BCUT2D eigenvalue weighted by atomic mass is 9.81. The molecule has 1 N–H and O–H groups in total. The Morgan fingerprint density at radius 1 is 0.870 bits per heavy atom. The van der Waals surface area contributed by atoms with Crippen LogP contribution in [0.1, 0.15) is 43.2 Å². The highest BCUT2D eigenvalue weighted by molar-refractivity contribution is 7.92. The first kappa shape index (κ1) is 33.7. The molecule has 6 nitrogen and oxygen atoms in total. The van der Waals surface area contributed by atoms with Gasteiger partial charge in [-0.25, -0.2) is 4.39 Å². The van der Waals surface area contributed by atoms with Gasteiger partial charge in [-0.3, -0.25) is 14.6 Å². The quantitative estimate of drug-likeness (QED) is 0.213. The molecule has 0 bridgehead atoms. The number of aromatic nitrogens is 1. The lowest BCUT2D eigenvalue weighted by Crippen LogP contribution is -2.50. The van der Waals surface area contributed by atoms with Crippen LogP contribution in [0.15, 0.2) is 77.8 Å². The van der Waals surface area contributed by atoms with Gasteiger partial charge in [0.1, 0.15) is 0 Å². The number of amides is 1. The molecular formula is C32H29F7N2O4S. The average Bonchev–Trinajstić information content (AvgIpc) is 3.50. The fourth-order valence-corrected chi connectivity index (χ4v) is 8.12. The van der Waals surface area contributed by atoms with E-state index in [9.17, 15) is 50.0 Å². The number of benzene rings is 2. The number of hydrogen-bond acceptors (Lipinski definition) is 4. The van der Waals surface area contributed by atoms with Crippen LogP contribution in [-0.4, -0.2) is 56.9 Å². The number of pyridine rings is 1. The average molecular weight is 671 g/mol. The number of carboxylic acids is 1. The smallest absolute Gasteiger partial charge is 0.435 e. The summed E-state index contributed by atoms with van der Waals surface area (Å²) in [5.74, 6) is -2.28. The molecule has 2 atom stereocenters. The second-order valence-electron chi connectivity index (χ2n) is 11.6. The summed E-state index contributed by atoms with van der Waals surface area (Å²) in [6.07, 6.45) is -9.71. The minimum Gasteiger partial charge on any atom is -0.611 e. The summed E-state index contributed by atoms with van der Waals surface area (Å²) in [6, 6.07) is 14.4. The number of hydrogen-bond donors (Lipinski definition) is 1. The van der Waals surface area contributed by atoms with Gasteiger partial charge < -0.3 is 14.6 Å². The van der Waals surface area contributed by atoms with Gasteiger partial charge in [-0.15, -0.1) is 0 Å². The third-order valence-electron chi connectivity index (χ3n) is 8.92. The Hall–Kier alpha value is -3.65. The molecule has 1 aromatic heterocycles. The Labute approximate surface area is 262 Å². The third kappa shape index (κ3) is 6.08. The maximum atomic E-state index is 14.8. The molecular weight excluding hydrogens is 641 g/mol. The van der Waals surface area contributed by atoms with Crippen LogP contribution < -0.4 is 0 Å². The molecule has 0 radical (unpaired) electrons. The van der Waals surface area contributed by atoms with E-state index < -0.39 is 57.3 Å². The normalized spacial score (nSPS) is 23.3. The molecule has 0 spiro atoms. The van der Waals surface area contributed by atoms with Crippen molar-refractivity contribution in [3.05, 3.63) is 84.1 Å². The van der Waals surface area contributed by atoms with E-state index in [0.717, 1.165) is 12.1 Å². The summed E-state index contributed by atoms with van der Waals surface area (Å²) in [6.45, 7) is -0.0902. The maximum Gasteiger partial charge on any atom is 0.435 e. The number of alkyl halides is 7. The molecule has 1 amide bonds. The van der Waals surface area contributed by atoms with Crippen molar-refractivity contribution < 1.29 is 50.0 Å². The monoisotopic (exact) mass is 670 g/mol. The zero-order valence-corrected chi connectivity index (χ0v) is 25.0. The molecule has 14 heteroatoms. The van der Waals surface area contributed by atoms with E-state index in [1.807, 2.05) is 0 Å². The summed E-state index contributed by atoms with van der Waals surface area (Å²) in [7, 11) is 0. The van der Waals surface area contributed by atoms with E-state index in [-0.39, 0.29) is 35.9 Å². The van der Waals surface area contributed by atoms with Crippen LogP contribution in [0.3, 0.4) is 0 Å². The van der Waals surface area contributed by atoms with Crippen molar-refractivity contribution in [3.63, 3.8) is 0 Å². The maximum absolute atomic E-state index is 14.8. The van der Waals surface area contributed by atoms with E-state index in [2.05, 4.69) is 4.98 Å². The molecule has 246 valence electrons. The van der Waals surface area contributed by atoms with E-state index in [4.69, 9.17) is 0 Å². The van der Waals surface area contributed by atoms with E-state index in [0.29, 0.717) is 49.1 Å². The lowest BCUT2D eigenvalue weighted by molar-refractivity contribution is -0.348. The molecule has 2 aromatic carbocycles. The van der Waals surface area contributed by atoms with Crippen molar-refractivity contribution in [2.24, 2.45) is 11.8 Å². The van der Waals surface area contributed by atoms with Crippen LogP contribution >= 0.6 is 0 Å². The molecule has 2 aliphatic rings. The number of nitrogens with zero attached hydrogens (tertiary/aromatic N) is 2. The number of aliphatic carboxylic acids is 1. The molecule has 2 heterocycles. The van der Waals surface area contributed by atoms with Gasteiger partial charge in [0.15, 0.2) is 9.64 Å². The second-order valence-corrected chi connectivity index (χ2v) is 13.4. The SMILES string of the molecule is O=C(O)C1CCC(C(=O)N2CCC(c3ccc(C(F)(C(F)(F)F)C(F)(F)F)cc3)([S+]([O-])c3cccc(-c4ccccn4)c3)C2)CC1. The number of likely N-dealkylation sites (tertiary alicyclic amines) is 1. The van der Waals surface area contributed by atoms with E-state index >= 15 is 0 Å². The van der Waals surface area contributed by atoms with Crippen LogP contribution in [0.4, 0.5) is 30.7 Å². The van der Waals surface area contributed by atoms with E-state index in [1.54, 1.807) is 48.7 Å². The number of halogens is 7. The van der Waals surface area contributed by atoms with Crippen LogP contribution in [0, 0.1) is 11.8 Å². The number of carboxylic acid groups (broad SMARTS) is 1. The van der Waals surface area contributed by atoms with Gasteiger partial charge in [-0.2, -0.15) is 26.3 Å². The number of carbonyl (C=O) groups excluding carboxylic acids is 1. The summed E-state index contributed by atoms with van der Waals surface area (Å²) in [4.78, 5) is 31.0. The molecule has 46 heavy (non-hydrogen) atoms. The molecule has 3 aromatic rings. The van der Waals surface area contributed by atoms with Crippen LogP contribution in [-0.2, 0) is 31.2 Å². The lowest BCUT2D eigenvalue weighted by Gasteiger charge is -2.34. The summed E-state index contributed by atoms with van der Waals surface area (Å²) >= 11 is -2.01. The standard InChI is InChI=1S/C32H29F7N2O4S/c33-30(31(34,35)36,32(37,38)39)24-13-11-23(12-14-24)29(46(45)25-5-3-4-22(18-25)26-6-1-2-16-40-26)15-17-41(19-29)27(42)20-7-9-21(10-8-20)28(43)44/h1-6,11-14,16,18,20-21H,7-10,15,17,19H2,(H,43,44). The first-order chi connectivity index (χ1) is 21.6. The topological polar surface area (TPSA) is 93.6 Å². The van der Waals surface area contributed by atoms with Gasteiger partial charge in [0.25, 0.3) is 0 Å². The molecule has 5 rings (SSSR count). The van der Waals surface area contributed by atoms with Crippen LogP contribution in [0.25, 0.3) is 11.3 Å². The second kappa shape index (κ2) is 12.5. The fourth-order valence-electron chi connectivity index (χ4n) is 6.33. The largest absolute Gasteiger partial charge is 0.611 e. The Morgan fingerprint density at radius 3 is 2.07 bits per heavy atom. The minimum atomic E-state index is -6.30. The van der Waals surface area contributed by atoms with Gasteiger partial charge in [0.2, 0.25) is 5.91 Å². The molecule has 2 fully saturated rings. The minimum absolute atomic E-state index is 0.0439. The molecule has 1 aliphatic heterocycles. The molecule has 1 saturated heterocycles. The first-order valence-corrected chi connectivity index (χ1v) is 15.6.